The van der Waals surface area contributed by atoms with Gasteiger partial charge in [-0.1, -0.05) is 6.07 Å². The molecule has 2 aromatic rings. The van der Waals surface area contributed by atoms with Crippen LogP contribution >= 0.6 is 0 Å². The van der Waals surface area contributed by atoms with E-state index in [2.05, 4.69) is 20.9 Å². The second-order valence-electron chi connectivity index (χ2n) is 6.03. The van der Waals surface area contributed by atoms with E-state index in [9.17, 15) is 4.39 Å². The number of ether oxygens (including phenoxy) is 1. The molecule has 1 aliphatic heterocycles. The van der Waals surface area contributed by atoms with Crippen molar-refractivity contribution in [2.24, 2.45) is 0 Å². The topological polar surface area (TPSA) is 28.6 Å². The van der Waals surface area contributed by atoms with Crippen molar-refractivity contribution in [2.75, 3.05) is 44.2 Å². The van der Waals surface area contributed by atoms with E-state index >= 15 is 0 Å². The summed E-state index contributed by atoms with van der Waals surface area (Å²) in [6, 6.07) is 12.3. The summed E-state index contributed by atoms with van der Waals surface area (Å²) in [4.78, 5) is 9.25. The van der Waals surface area contributed by atoms with Gasteiger partial charge < -0.3 is 9.64 Å². The highest BCUT2D eigenvalue weighted by Crippen LogP contribution is 2.14. The fourth-order valence-electron chi connectivity index (χ4n) is 2.90. The number of nitrogens with zero attached hydrogens (tertiary/aromatic N) is 3. The molecule has 2 heterocycles. The molecule has 1 aromatic heterocycles. The van der Waals surface area contributed by atoms with E-state index in [0.717, 1.165) is 57.1 Å². The zero-order valence-electron chi connectivity index (χ0n) is 13.9. The molecule has 0 unspecified atom stereocenters. The SMILES string of the molecule is Fc1ccc(OCCCCN2CCN(c3ccccn3)CC2)cc1. The number of benzene rings is 1. The molecular formula is C19H24FN3O. The van der Waals surface area contributed by atoms with Crippen molar-refractivity contribution < 1.29 is 9.13 Å². The van der Waals surface area contributed by atoms with Crippen molar-refractivity contribution >= 4 is 5.82 Å². The molecule has 0 saturated carbocycles. The van der Waals surface area contributed by atoms with Gasteiger partial charge in [-0.15, -0.1) is 0 Å². The summed E-state index contributed by atoms with van der Waals surface area (Å²) in [6.45, 7) is 6.00. The summed E-state index contributed by atoms with van der Waals surface area (Å²) in [5, 5.41) is 0. The first kappa shape index (κ1) is 16.7. The number of anilines is 1. The van der Waals surface area contributed by atoms with E-state index < -0.39 is 0 Å². The van der Waals surface area contributed by atoms with Gasteiger partial charge in [0.05, 0.1) is 6.61 Å². The molecular weight excluding hydrogens is 305 g/mol. The van der Waals surface area contributed by atoms with Crippen LogP contribution in [0.25, 0.3) is 0 Å². The molecule has 0 N–H and O–H groups in total. The number of pyridine rings is 1. The molecule has 0 aliphatic carbocycles. The molecule has 0 radical (unpaired) electrons. The molecule has 0 amide bonds. The fourth-order valence-corrected chi connectivity index (χ4v) is 2.90. The van der Waals surface area contributed by atoms with Crippen LogP contribution in [0.5, 0.6) is 5.75 Å². The van der Waals surface area contributed by atoms with Crippen molar-refractivity contribution in [3.63, 3.8) is 0 Å². The van der Waals surface area contributed by atoms with Gasteiger partial charge in [0.2, 0.25) is 0 Å². The maximum absolute atomic E-state index is 12.8. The third-order valence-corrected chi connectivity index (χ3v) is 4.30. The van der Waals surface area contributed by atoms with Crippen LogP contribution in [0.15, 0.2) is 48.7 Å². The predicted octanol–water partition coefficient (Wildman–Crippen LogP) is 3.20. The second kappa shape index (κ2) is 8.64. The summed E-state index contributed by atoms with van der Waals surface area (Å²) in [5.41, 5.74) is 0. The highest BCUT2D eigenvalue weighted by atomic mass is 19.1. The Morgan fingerprint density at radius 3 is 2.46 bits per heavy atom. The molecule has 1 saturated heterocycles. The summed E-state index contributed by atoms with van der Waals surface area (Å²) >= 11 is 0. The van der Waals surface area contributed by atoms with Crippen LogP contribution in [-0.2, 0) is 0 Å². The van der Waals surface area contributed by atoms with Gasteiger partial charge in [-0.2, -0.15) is 0 Å². The quantitative estimate of drug-likeness (QED) is 0.730. The number of hydrogen-bond acceptors (Lipinski definition) is 4. The van der Waals surface area contributed by atoms with Crippen molar-refractivity contribution in [3.8, 4) is 5.75 Å². The van der Waals surface area contributed by atoms with Crippen LogP contribution in [0.3, 0.4) is 0 Å². The highest BCUT2D eigenvalue weighted by molar-refractivity contribution is 5.38. The fraction of sp³-hybridized carbons (Fsp3) is 0.421. The first-order valence-electron chi connectivity index (χ1n) is 8.58. The lowest BCUT2D eigenvalue weighted by Gasteiger charge is -2.35. The van der Waals surface area contributed by atoms with Gasteiger partial charge in [-0.05, 0) is 55.8 Å². The van der Waals surface area contributed by atoms with Crippen molar-refractivity contribution in [2.45, 2.75) is 12.8 Å². The monoisotopic (exact) mass is 329 g/mol. The normalized spacial score (nSPS) is 15.5. The maximum atomic E-state index is 12.8. The van der Waals surface area contributed by atoms with Crippen molar-refractivity contribution in [1.29, 1.82) is 0 Å². The lowest BCUT2D eigenvalue weighted by molar-refractivity contribution is 0.238. The Kier molecular flexibility index (Phi) is 6.01. The van der Waals surface area contributed by atoms with Crippen LogP contribution in [0.4, 0.5) is 10.2 Å². The van der Waals surface area contributed by atoms with Crippen molar-refractivity contribution in [1.82, 2.24) is 9.88 Å². The van der Waals surface area contributed by atoms with Crippen LogP contribution in [0.2, 0.25) is 0 Å². The van der Waals surface area contributed by atoms with Gasteiger partial charge in [-0.25, -0.2) is 9.37 Å². The van der Waals surface area contributed by atoms with Gasteiger partial charge in [0.1, 0.15) is 17.4 Å². The molecule has 1 fully saturated rings. The lowest BCUT2D eigenvalue weighted by Crippen LogP contribution is -2.46. The number of hydrogen-bond donors (Lipinski definition) is 0. The molecule has 0 bridgehead atoms. The third-order valence-electron chi connectivity index (χ3n) is 4.30. The zero-order valence-corrected chi connectivity index (χ0v) is 13.9. The number of halogens is 1. The number of unbranched alkanes of at least 4 members (excludes halogenated alkanes) is 1. The second-order valence-corrected chi connectivity index (χ2v) is 6.03. The summed E-state index contributed by atoms with van der Waals surface area (Å²) < 4.78 is 18.4. The average Bonchev–Trinajstić information content (AvgIpc) is 2.64. The molecule has 24 heavy (non-hydrogen) atoms. The Morgan fingerprint density at radius 2 is 1.75 bits per heavy atom. The van der Waals surface area contributed by atoms with E-state index in [0.29, 0.717) is 6.61 Å². The van der Waals surface area contributed by atoms with E-state index in [1.54, 1.807) is 12.1 Å². The van der Waals surface area contributed by atoms with Gasteiger partial charge in [0, 0.05) is 32.4 Å². The number of aromatic nitrogens is 1. The van der Waals surface area contributed by atoms with Crippen LogP contribution in [0.1, 0.15) is 12.8 Å². The number of piperazine rings is 1. The van der Waals surface area contributed by atoms with Crippen molar-refractivity contribution in [3.05, 3.63) is 54.5 Å². The van der Waals surface area contributed by atoms with E-state index in [1.807, 2.05) is 18.3 Å². The van der Waals surface area contributed by atoms with E-state index in [-0.39, 0.29) is 5.82 Å². The van der Waals surface area contributed by atoms with Gasteiger partial charge in [-0.3, -0.25) is 4.90 Å². The number of rotatable bonds is 7. The van der Waals surface area contributed by atoms with Gasteiger partial charge in [0.15, 0.2) is 0 Å². The van der Waals surface area contributed by atoms with Crippen LogP contribution < -0.4 is 9.64 Å². The van der Waals surface area contributed by atoms with Gasteiger partial charge in [0.25, 0.3) is 0 Å². The highest BCUT2D eigenvalue weighted by Gasteiger charge is 2.17. The Labute approximate surface area is 142 Å². The molecule has 128 valence electrons. The Bertz CT molecular complexity index is 598. The van der Waals surface area contributed by atoms with E-state index in [1.165, 1.54) is 12.1 Å². The Hall–Kier alpha value is -2.14. The van der Waals surface area contributed by atoms with Crippen LogP contribution in [-0.4, -0.2) is 49.2 Å². The molecule has 3 rings (SSSR count). The minimum absolute atomic E-state index is 0.229. The summed E-state index contributed by atoms with van der Waals surface area (Å²) in [5.74, 6) is 1.58. The standard InChI is InChI=1S/C19H24FN3O/c20-17-6-8-18(9-7-17)24-16-4-3-11-22-12-14-23(15-13-22)19-5-1-2-10-21-19/h1-2,5-10H,3-4,11-16H2. The average molecular weight is 329 g/mol. The molecule has 1 aliphatic rings. The largest absolute Gasteiger partial charge is 0.494 e. The molecule has 0 spiro atoms. The smallest absolute Gasteiger partial charge is 0.128 e. The van der Waals surface area contributed by atoms with Gasteiger partial charge >= 0.3 is 0 Å². The molecule has 0 atom stereocenters. The summed E-state index contributed by atoms with van der Waals surface area (Å²) in [7, 11) is 0. The van der Waals surface area contributed by atoms with E-state index in [4.69, 9.17) is 4.74 Å². The Morgan fingerprint density at radius 1 is 0.958 bits per heavy atom. The first-order valence-corrected chi connectivity index (χ1v) is 8.58. The minimum atomic E-state index is -0.229. The van der Waals surface area contributed by atoms with Crippen LogP contribution in [0, 0.1) is 5.82 Å². The minimum Gasteiger partial charge on any atom is -0.494 e. The molecule has 1 aromatic carbocycles. The predicted molar refractivity (Wildman–Crippen MR) is 94.0 cm³/mol. The first-order chi connectivity index (χ1) is 11.8. The maximum Gasteiger partial charge on any atom is 0.128 e. The zero-order chi connectivity index (χ0) is 16.6. The molecule has 4 nitrogen and oxygen atoms in total. The summed E-state index contributed by atoms with van der Waals surface area (Å²) in [6.07, 6.45) is 3.98. The lowest BCUT2D eigenvalue weighted by atomic mass is 10.2. The third kappa shape index (κ3) is 4.93. The Balaban J connectivity index is 1.29. The molecule has 5 heteroatoms.